The minimum atomic E-state index is 1.17. The number of rotatable bonds is 0. The van der Waals surface area contributed by atoms with Crippen molar-refractivity contribution in [3.8, 4) is 0 Å². The number of nitrogens with zero attached hydrogens (tertiary/aromatic N) is 1. The lowest BCUT2D eigenvalue weighted by Gasteiger charge is -2.21. The lowest BCUT2D eigenvalue weighted by Crippen LogP contribution is -2.49. The average Bonchev–Trinajstić information content (AvgIpc) is 1.30. The highest BCUT2D eigenvalue weighted by Crippen LogP contribution is 1.79. The van der Waals surface area contributed by atoms with Crippen molar-refractivity contribution in [3.05, 3.63) is 0 Å². The summed E-state index contributed by atoms with van der Waals surface area (Å²) in [6.07, 6.45) is 0. The van der Waals surface area contributed by atoms with E-state index in [9.17, 15) is 0 Å². The molecule has 0 aromatic rings. The minimum absolute atomic E-state index is 1.17. The molecule has 0 aromatic heterocycles. The Kier molecular flexibility index (Phi) is 1.04. The monoisotopic (exact) mass is 113 g/mol. The molecule has 0 amide bonds. The highest BCUT2D eigenvalue weighted by atomic mass is 29.6. The van der Waals surface area contributed by atoms with E-state index in [1.165, 1.54) is 27.0 Å². The van der Waals surface area contributed by atoms with Gasteiger partial charge in [0.15, 0.2) is 0 Å². The smallest absolute Gasteiger partial charge is 0.110 e. The summed E-state index contributed by atoms with van der Waals surface area (Å²) in [5.41, 5.74) is 0. The van der Waals surface area contributed by atoms with Crippen molar-refractivity contribution < 1.29 is 0 Å². The third-order valence-corrected chi connectivity index (χ3v) is 8.05. The van der Waals surface area contributed by atoms with Gasteiger partial charge < -0.3 is 4.23 Å². The van der Waals surface area contributed by atoms with E-state index >= 15 is 0 Å². The highest BCUT2D eigenvalue weighted by molar-refractivity contribution is 7.37. The fourth-order valence-corrected chi connectivity index (χ4v) is 4.53. The van der Waals surface area contributed by atoms with Gasteiger partial charge in [-0.05, 0) is 7.05 Å². The molecule has 1 saturated heterocycles. The third kappa shape index (κ3) is 0.719. The Morgan fingerprint density at radius 3 is 1.80 bits per heavy atom. The first-order valence-corrected chi connectivity index (χ1v) is 6.29. The van der Waals surface area contributed by atoms with Crippen LogP contribution in [0.3, 0.4) is 0 Å². The summed E-state index contributed by atoms with van der Waals surface area (Å²) >= 11 is 0. The van der Waals surface area contributed by atoms with Crippen LogP contribution in [0.1, 0.15) is 0 Å². The van der Waals surface area contributed by atoms with Crippen LogP contribution in [0, 0.1) is 0 Å². The van der Waals surface area contributed by atoms with E-state index < -0.39 is 0 Å². The first kappa shape index (κ1) is 3.79. The Morgan fingerprint density at radius 2 is 1.80 bits per heavy atom. The van der Waals surface area contributed by atoms with Crippen LogP contribution in [0.15, 0.2) is 0 Å². The second-order valence-corrected chi connectivity index (χ2v) is 7.74. The van der Waals surface area contributed by atoms with Gasteiger partial charge in [0.05, 0.1) is 8.55 Å². The standard InChI is InChI=1S/CH3NSi3/c1-2-3-5-4-2/h1H3. The van der Waals surface area contributed by atoms with Crippen LogP contribution in [-0.4, -0.2) is 38.2 Å². The molecular weight excluding hydrogens is 110 g/mol. The van der Waals surface area contributed by atoms with Gasteiger partial charge in [-0.15, -0.1) is 0 Å². The average molecular weight is 113 g/mol. The Labute approximate surface area is 39.0 Å². The molecule has 0 spiro atoms. The normalized spacial score (nSPS) is 25.8. The molecule has 1 nitrogen and oxygen atoms in total. The fraction of sp³-hybridized carbons (Fsp3) is 1.00. The molecule has 1 heterocycles. The van der Waals surface area contributed by atoms with Gasteiger partial charge in [0.2, 0.25) is 0 Å². The molecule has 0 bridgehead atoms. The molecule has 0 aliphatic carbocycles. The lowest BCUT2D eigenvalue weighted by molar-refractivity contribution is 0.864. The van der Waals surface area contributed by atoms with Crippen LogP contribution in [0.4, 0.5) is 0 Å². The van der Waals surface area contributed by atoms with E-state index in [0.29, 0.717) is 0 Å². The number of hydrogen-bond acceptors (Lipinski definition) is 1. The van der Waals surface area contributed by atoms with Crippen LogP contribution in [0.2, 0.25) is 0 Å². The van der Waals surface area contributed by atoms with Gasteiger partial charge in [-0.3, -0.25) is 0 Å². The third-order valence-electron chi connectivity index (χ3n) is 0.447. The predicted molar refractivity (Wildman–Crippen MR) is 25.0 cm³/mol. The quantitative estimate of drug-likeness (QED) is 0.353. The maximum absolute atomic E-state index is 2.37. The SMILES string of the molecule is CN1[Si][Si][Si]1. The van der Waals surface area contributed by atoms with E-state index in [4.69, 9.17) is 0 Å². The van der Waals surface area contributed by atoms with E-state index in [-0.39, 0.29) is 0 Å². The van der Waals surface area contributed by atoms with Crippen LogP contribution < -0.4 is 0 Å². The molecular formula is CH3NSi3. The van der Waals surface area contributed by atoms with Crippen molar-refractivity contribution in [2.75, 3.05) is 7.05 Å². The summed E-state index contributed by atoms with van der Waals surface area (Å²) < 4.78 is 2.37. The van der Waals surface area contributed by atoms with E-state index in [0.717, 1.165) is 0 Å². The van der Waals surface area contributed by atoms with Gasteiger partial charge in [-0.1, -0.05) is 0 Å². The summed E-state index contributed by atoms with van der Waals surface area (Å²) in [5, 5.41) is 0. The van der Waals surface area contributed by atoms with Gasteiger partial charge in [0.1, 0.15) is 18.4 Å². The summed E-state index contributed by atoms with van der Waals surface area (Å²) in [6, 6.07) is 0. The lowest BCUT2D eigenvalue weighted by atomic mass is 11.6. The van der Waals surface area contributed by atoms with E-state index in [1.807, 2.05) is 0 Å². The molecule has 0 aromatic carbocycles. The van der Waals surface area contributed by atoms with Gasteiger partial charge in [0.25, 0.3) is 0 Å². The molecule has 0 unspecified atom stereocenters. The summed E-state index contributed by atoms with van der Waals surface area (Å²) in [4.78, 5) is 0. The Hall–Kier alpha value is 0.611. The van der Waals surface area contributed by atoms with Crippen LogP contribution in [0.5, 0.6) is 0 Å². The molecule has 0 saturated carbocycles. The molecule has 1 rings (SSSR count). The Bertz CT molecular complexity index is 33.9. The number of hydrogen-bond donors (Lipinski definition) is 0. The van der Waals surface area contributed by atoms with Crippen molar-refractivity contribution in [2.24, 2.45) is 0 Å². The molecule has 1 aliphatic rings. The summed E-state index contributed by atoms with van der Waals surface area (Å²) in [7, 11) is 5.79. The second-order valence-electron chi connectivity index (χ2n) is 0.908. The largest absolute Gasteiger partial charge is 0.358 e. The zero-order chi connectivity index (χ0) is 3.70. The van der Waals surface area contributed by atoms with Crippen molar-refractivity contribution in [1.82, 2.24) is 4.23 Å². The highest BCUT2D eigenvalue weighted by Gasteiger charge is 2.10. The summed E-state index contributed by atoms with van der Waals surface area (Å²) in [6.45, 7) is 0. The molecule has 24 valence electrons. The Morgan fingerprint density at radius 1 is 1.40 bits per heavy atom. The molecule has 0 N–H and O–H groups in total. The molecule has 1 aliphatic heterocycles. The first-order chi connectivity index (χ1) is 2.39. The van der Waals surface area contributed by atoms with Gasteiger partial charge in [0, 0.05) is 0 Å². The van der Waals surface area contributed by atoms with Crippen LogP contribution in [-0.2, 0) is 0 Å². The van der Waals surface area contributed by atoms with Crippen molar-refractivity contribution >= 4 is 27.0 Å². The van der Waals surface area contributed by atoms with Crippen LogP contribution >= 0.6 is 0 Å². The first-order valence-electron chi connectivity index (χ1n) is 1.39. The molecule has 1 fully saturated rings. The maximum Gasteiger partial charge on any atom is 0.110 e. The molecule has 6 radical (unpaired) electrons. The van der Waals surface area contributed by atoms with Gasteiger partial charge in [-0.2, -0.15) is 0 Å². The molecule has 5 heavy (non-hydrogen) atoms. The molecule has 0 atom stereocenters. The van der Waals surface area contributed by atoms with Crippen molar-refractivity contribution in [3.63, 3.8) is 0 Å². The van der Waals surface area contributed by atoms with E-state index in [1.54, 1.807) is 0 Å². The Balaban J connectivity index is 2.08. The van der Waals surface area contributed by atoms with Crippen molar-refractivity contribution in [1.29, 1.82) is 0 Å². The minimum Gasteiger partial charge on any atom is -0.358 e. The summed E-state index contributed by atoms with van der Waals surface area (Å²) in [5.74, 6) is 0. The van der Waals surface area contributed by atoms with Crippen molar-refractivity contribution in [2.45, 2.75) is 0 Å². The maximum atomic E-state index is 2.37. The van der Waals surface area contributed by atoms with Gasteiger partial charge >= 0.3 is 0 Å². The van der Waals surface area contributed by atoms with Gasteiger partial charge in [-0.25, -0.2) is 0 Å². The zero-order valence-corrected chi connectivity index (χ0v) is 5.95. The fourth-order valence-electron chi connectivity index (χ4n) is 0.168. The van der Waals surface area contributed by atoms with E-state index in [2.05, 4.69) is 11.3 Å². The zero-order valence-electron chi connectivity index (χ0n) is 2.95. The van der Waals surface area contributed by atoms with Crippen LogP contribution in [0.25, 0.3) is 0 Å². The predicted octanol–water partition coefficient (Wildman–Crippen LogP) is -1.30. The second kappa shape index (κ2) is 1.38. The topological polar surface area (TPSA) is 3.24 Å². The molecule has 4 heteroatoms.